The number of rotatable bonds is 12. The van der Waals surface area contributed by atoms with Gasteiger partial charge in [-0.1, -0.05) is 79.2 Å². The third-order valence-corrected chi connectivity index (χ3v) is 6.51. The zero-order valence-electron chi connectivity index (χ0n) is 19.5. The first-order chi connectivity index (χ1) is 16.6. The lowest BCUT2D eigenvalue weighted by Crippen LogP contribution is -2.48. The molecule has 34 heavy (non-hydrogen) atoms. The molecule has 1 fully saturated rings. The Bertz CT molecular complexity index is 1010. The van der Waals surface area contributed by atoms with E-state index >= 15 is 0 Å². The third kappa shape index (κ3) is 6.52. The summed E-state index contributed by atoms with van der Waals surface area (Å²) in [7, 11) is 0. The van der Waals surface area contributed by atoms with Gasteiger partial charge < -0.3 is 10.5 Å². The number of likely N-dealkylation sites (tertiary alicyclic amines) is 1. The summed E-state index contributed by atoms with van der Waals surface area (Å²) in [5.41, 5.74) is 9.33. The Morgan fingerprint density at radius 3 is 2.24 bits per heavy atom. The fraction of sp³-hybridized carbons (Fsp3) is 0.345. The number of nitrogens with zero attached hydrogens (tertiary/aromatic N) is 1. The van der Waals surface area contributed by atoms with Crippen molar-refractivity contribution in [3.63, 3.8) is 0 Å². The minimum Gasteiger partial charge on any atom is -0.368 e. The molecular weight excluding hydrogens is 427 g/mol. The molecule has 2 N–H and O–H groups in total. The first-order valence-electron chi connectivity index (χ1n) is 12.1. The normalized spacial score (nSPS) is 14.3. The molecule has 1 saturated heterocycles. The topological polar surface area (TPSA) is 55.6 Å². The van der Waals surface area contributed by atoms with Crippen molar-refractivity contribution < 1.29 is 13.9 Å². The van der Waals surface area contributed by atoms with Gasteiger partial charge in [-0.2, -0.15) is 0 Å². The van der Waals surface area contributed by atoms with Crippen molar-refractivity contribution in [3.05, 3.63) is 107 Å². The maximum absolute atomic E-state index is 14.2. The van der Waals surface area contributed by atoms with Crippen LogP contribution < -0.4 is 5.73 Å². The average Bonchev–Trinajstić information content (AvgIpc) is 2.82. The first-order valence-corrected chi connectivity index (χ1v) is 12.1. The van der Waals surface area contributed by atoms with Gasteiger partial charge in [-0.15, -0.1) is 0 Å². The van der Waals surface area contributed by atoms with Gasteiger partial charge in [0, 0.05) is 13.1 Å². The van der Waals surface area contributed by atoms with E-state index in [-0.39, 0.29) is 19.0 Å². The number of carbonyl (C=O) groups is 1. The quantitative estimate of drug-likeness (QED) is 0.375. The lowest BCUT2D eigenvalue weighted by atomic mass is 9.87. The van der Waals surface area contributed by atoms with E-state index in [4.69, 9.17) is 10.5 Å². The third-order valence-electron chi connectivity index (χ3n) is 6.51. The van der Waals surface area contributed by atoms with E-state index in [2.05, 4.69) is 65.6 Å². The van der Waals surface area contributed by atoms with Crippen LogP contribution >= 0.6 is 0 Å². The standard InChI is InChI=1S/C29H33FN2O2/c30-27-16-15-22(20-34-21-28(31)33)17-26(27)14-8-7-9-23-18-32(19-23)29(24-10-3-1-4-11-24)25-12-5-2-6-13-25/h1-6,10-13,15-17,23,29H,7-9,14,18-21H2,(H2,31,33). The molecule has 0 aromatic heterocycles. The van der Waals surface area contributed by atoms with Gasteiger partial charge in [-0.25, -0.2) is 4.39 Å². The zero-order valence-corrected chi connectivity index (χ0v) is 19.5. The summed E-state index contributed by atoms with van der Waals surface area (Å²) < 4.78 is 19.5. The van der Waals surface area contributed by atoms with E-state index in [0.717, 1.165) is 37.9 Å². The van der Waals surface area contributed by atoms with Crippen LogP contribution in [0.2, 0.25) is 0 Å². The molecule has 1 aliphatic rings. The van der Waals surface area contributed by atoms with Crippen LogP contribution in [0.1, 0.15) is 47.6 Å². The highest BCUT2D eigenvalue weighted by Crippen LogP contribution is 2.35. The minimum absolute atomic E-state index is 0.124. The number of hydrogen-bond donors (Lipinski definition) is 1. The van der Waals surface area contributed by atoms with Gasteiger partial charge in [-0.3, -0.25) is 9.69 Å². The monoisotopic (exact) mass is 460 g/mol. The summed E-state index contributed by atoms with van der Waals surface area (Å²) in [4.78, 5) is 13.4. The van der Waals surface area contributed by atoms with Crippen molar-refractivity contribution in [2.75, 3.05) is 19.7 Å². The Morgan fingerprint density at radius 1 is 0.971 bits per heavy atom. The number of aryl methyl sites for hydroxylation is 1. The summed E-state index contributed by atoms with van der Waals surface area (Å²) >= 11 is 0. The maximum Gasteiger partial charge on any atom is 0.243 e. The van der Waals surface area contributed by atoms with E-state index in [1.165, 1.54) is 17.2 Å². The lowest BCUT2D eigenvalue weighted by Gasteiger charge is -2.45. The number of unbranched alkanes of at least 4 members (excludes halogenated alkanes) is 1. The number of carbonyl (C=O) groups excluding carboxylic acids is 1. The Hall–Kier alpha value is -3.02. The van der Waals surface area contributed by atoms with Crippen molar-refractivity contribution >= 4 is 5.91 Å². The summed E-state index contributed by atoms with van der Waals surface area (Å²) in [6.07, 6.45) is 3.92. The lowest BCUT2D eigenvalue weighted by molar-refractivity contribution is -0.122. The van der Waals surface area contributed by atoms with Crippen LogP contribution in [0, 0.1) is 11.7 Å². The number of halogens is 1. The van der Waals surface area contributed by atoms with Crippen molar-refractivity contribution in [1.29, 1.82) is 0 Å². The molecule has 3 aromatic carbocycles. The molecule has 3 aromatic rings. The highest BCUT2D eigenvalue weighted by atomic mass is 19.1. The van der Waals surface area contributed by atoms with Gasteiger partial charge in [0.1, 0.15) is 12.4 Å². The molecule has 178 valence electrons. The fourth-order valence-electron chi connectivity index (χ4n) is 4.82. The van der Waals surface area contributed by atoms with Gasteiger partial charge in [0.15, 0.2) is 0 Å². The first kappa shape index (κ1) is 24.1. The second kappa shape index (κ2) is 11.9. The molecule has 0 spiro atoms. The van der Waals surface area contributed by atoms with Crippen molar-refractivity contribution in [1.82, 2.24) is 4.90 Å². The van der Waals surface area contributed by atoms with Gasteiger partial charge in [-0.05, 0) is 53.5 Å². The molecule has 0 unspecified atom stereocenters. The second-order valence-electron chi connectivity index (χ2n) is 9.17. The SMILES string of the molecule is NC(=O)COCc1ccc(F)c(CCCCC2CN(C(c3ccccc3)c3ccccc3)C2)c1. The van der Waals surface area contributed by atoms with Crippen LogP contribution in [0.25, 0.3) is 0 Å². The molecule has 4 nitrogen and oxygen atoms in total. The van der Waals surface area contributed by atoms with Gasteiger partial charge in [0.25, 0.3) is 0 Å². The van der Waals surface area contributed by atoms with E-state index in [1.54, 1.807) is 6.07 Å². The molecule has 0 saturated carbocycles. The van der Waals surface area contributed by atoms with E-state index < -0.39 is 5.91 Å². The van der Waals surface area contributed by atoms with Gasteiger partial charge >= 0.3 is 0 Å². The average molecular weight is 461 g/mol. The highest BCUT2D eigenvalue weighted by Gasteiger charge is 2.33. The van der Waals surface area contributed by atoms with Crippen LogP contribution in [0.4, 0.5) is 4.39 Å². The van der Waals surface area contributed by atoms with Crippen LogP contribution in [-0.2, 0) is 22.6 Å². The summed E-state index contributed by atoms with van der Waals surface area (Å²) in [6.45, 7) is 2.32. The molecule has 1 aliphatic heterocycles. The molecule has 0 radical (unpaired) electrons. The highest BCUT2D eigenvalue weighted by molar-refractivity contribution is 5.74. The number of amides is 1. The molecule has 4 rings (SSSR count). The van der Waals surface area contributed by atoms with Crippen LogP contribution in [0.5, 0.6) is 0 Å². The fourth-order valence-corrected chi connectivity index (χ4v) is 4.82. The van der Waals surface area contributed by atoms with Crippen LogP contribution in [0.3, 0.4) is 0 Å². The molecule has 5 heteroatoms. The Balaban J connectivity index is 1.24. The number of nitrogens with two attached hydrogens (primary N) is 1. The zero-order chi connectivity index (χ0) is 23.8. The number of ether oxygens (including phenoxy) is 1. The predicted octanol–water partition coefficient (Wildman–Crippen LogP) is 5.26. The largest absolute Gasteiger partial charge is 0.368 e. The molecule has 0 atom stereocenters. The summed E-state index contributed by atoms with van der Waals surface area (Å²) in [5.74, 6) is 0.00564. The van der Waals surface area contributed by atoms with Crippen LogP contribution in [-0.4, -0.2) is 30.5 Å². The van der Waals surface area contributed by atoms with Crippen molar-refractivity contribution in [2.45, 2.75) is 38.3 Å². The Kier molecular flexibility index (Phi) is 8.45. The van der Waals surface area contributed by atoms with Crippen molar-refractivity contribution in [3.8, 4) is 0 Å². The molecule has 0 aliphatic carbocycles. The molecular formula is C29H33FN2O2. The molecule has 1 amide bonds. The second-order valence-corrected chi connectivity index (χ2v) is 9.17. The smallest absolute Gasteiger partial charge is 0.243 e. The number of benzene rings is 3. The van der Waals surface area contributed by atoms with Gasteiger partial charge in [0.2, 0.25) is 5.91 Å². The number of primary amides is 1. The summed E-state index contributed by atoms with van der Waals surface area (Å²) in [5, 5.41) is 0. The minimum atomic E-state index is -0.504. The van der Waals surface area contributed by atoms with Crippen molar-refractivity contribution in [2.24, 2.45) is 11.7 Å². The van der Waals surface area contributed by atoms with E-state index in [0.29, 0.717) is 23.9 Å². The predicted molar refractivity (Wildman–Crippen MR) is 133 cm³/mol. The molecule has 1 heterocycles. The van der Waals surface area contributed by atoms with Crippen LogP contribution in [0.15, 0.2) is 78.9 Å². The Labute approximate surface area is 201 Å². The van der Waals surface area contributed by atoms with E-state index in [9.17, 15) is 9.18 Å². The molecule has 0 bridgehead atoms. The maximum atomic E-state index is 14.2. The van der Waals surface area contributed by atoms with Gasteiger partial charge in [0.05, 0.1) is 12.6 Å². The number of hydrogen-bond acceptors (Lipinski definition) is 3. The van der Waals surface area contributed by atoms with E-state index in [1.807, 2.05) is 6.07 Å². The Morgan fingerprint density at radius 2 is 1.62 bits per heavy atom. The summed E-state index contributed by atoms with van der Waals surface area (Å²) in [6, 6.07) is 26.8.